The van der Waals surface area contributed by atoms with Crippen LogP contribution in [0.1, 0.15) is 0 Å². The van der Waals surface area contributed by atoms with Crippen LogP contribution < -0.4 is 0 Å². The molecule has 0 N–H and O–H groups in total. The molecule has 54 valence electrons. The van der Waals surface area contributed by atoms with Crippen LogP contribution in [0.3, 0.4) is 0 Å². The van der Waals surface area contributed by atoms with Crippen LogP contribution in [-0.4, -0.2) is 28.4 Å². The van der Waals surface area contributed by atoms with Crippen LogP contribution >= 0.6 is 0 Å². The van der Waals surface area contributed by atoms with Gasteiger partial charge in [0.05, 0.1) is 6.61 Å². The molecule has 0 bridgehead atoms. The Hall–Kier alpha value is -0.350. The van der Waals surface area contributed by atoms with Gasteiger partial charge in [0.25, 0.3) is 0 Å². The Kier molecular flexibility index (Phi) is 3.49. The lowest BCUT2D eigenvalue weighted by atomic mass is 10.7. The van der Waals surface area contributed by atoms with E-state index in [0.717, 1.165) is 11.7 Å². The summed E-state index contributed by atoms with van der Waals surface area (Å²) in [5.74, 6) is 0. The summed E-state index contributed by atoms with van der Waals surface area (Å²) >= 11 is 0. The van der Waals surface area contributed by atoms with E-state index in [1.165, 1.54) is 13.2 Å². The first-order chi connectivity index (χ1) is 4.06. The first kappa shape index (κ1) is 8.65. The molecule has 0 rings (SSSR count). The molecular weight excluding hydrogens is 140 g/mol. The van der Waals surface area contributed by atoms with Crippen LogP contribution in [0.25, 0.3) is 0 Å². The standard InChI is InChI=1S/C5H10O3S/c1-8-4-3-5-9(2,6)7/h3,5H,4H2,1-2H3. The summed E-state index contributed by atoms with van der Waals surface area (Å²) in [4.78, 5) is 0. The molecule has 9 heavy (non-hydrogen) atoms. The Labute approximate surface area is 55.2 Å². The van der Waals surface area contributed by atoms with E-state index in [1.54, 1.807) is 0 Å². The van der Waals surface area contributed by atoms with Gasteiger partial charge >= 0.3 is 0 Å². The second-order valence-electron chi connectivity index (χ2n) is 1.66. The quantitative estimate of drug-likeness (QED) is 0.577. The summed E-state index contributed by atoms with van der Waals surface area (Å²) in [6.07, 6.45) is 2.59. The Morgan fingerprint density at radius 1 is 1.56 bits per heavy atom. The monoisotopic (exact) mass is 150 g/mol. The highest BCUT2D eigenvalue weighted by Gasteiger charge is 1.89. The lowest BCUT2D eigenvalue weighted by Crippen LogP contribution is -1.89. The van der Waals surface area contributed by atoms with Gasteiger partial charge < -0.3 is 4.74 Å². The summed E-state index contributed by atoms with van der Waals surface area (Å²) in [6, 6.07) is 0. The molecule has 0 aromatic heterocycles. The molecule has 0 saturated heterocycles. The average Bonchev–Trinajstić information content (AvgIpc) is 1.63. The molecule has 0 aliphatic rings. The fourth-order valence-electron chi connectivity index (χ4n) is 0.310. The number of hydrogen-bond acceptors (Lipinski definition) is 3. The van der Waals surface area contributed by atoms with E-state index in [2.05, 4.69) is 4.74 Å². The first-order valence-corrected chi connectivity index (χ1v) is 4.37. The van der Waals surface area contributed by atoms with Gasteiger partial charge in [-0.05, 0) is 6.08 Å². The topological polar surface area (TPSA) is 43.4 Å². The van der Waals surface area contributed by atoms with Crippen molar-refractivity contribution in [1.29, 1.82) is 0 Å². The number of rotatable bonds is 3. The second kappa shape index (κ2) is 3.63. The highest BCUT2D eigenvalue weighted by molar-refractivity contribution is 7.93. The van der Waals surface area contributed by atoms with Crippen molar-refractivity contribution in [1.82, 2.24) is 0 Å². The minimum absolute atomic E-state index is 0.340. The fourth-order valence-corrected chi connectivity index (χ4v) is 0.738. The average molecular weight is 150 g/mol. The smallest absolute Gasteiger partial charge is 0.168 e. The molecule has 0 radical (unpaired) electrons. The Morgan fingerprint density at radius 2 is 2.11 bits per heavy atom. The van der Waals surface area contributed by atoms with Crippen molar-refractivity contribution < 1.29 is 13.2 Å². The number of hydrogen-bond donors (Lipinski definition) is 0. The van der Waals surface area contributed by atoms with Crippen molar-refractivity contribution >= 4 is 9.84 Å². The van der Waals surface area contributed by atoms with E-state index in [0.29, 0.717) is 6.61 Å². The molecule has 0 fully saturated rings. The summed E-state index contributed by atoms with van der Waals surface area (Å²) < 4.78 is 25.3. The van der Waals surface area contributed by atoms with Gasteiger partial charge in [-0.3, -0.25) is 0 Å². The number of sulfone groups is 1. The van der Waals surface area contributed by atoms with E-state index in [9.17, 15) is 8.42 Å². The zero-order valence-corrected chi connectivity index (χ0v) is 6.31. The minimum Gasteiger partial charge on any atom is -0.381 e. The van der Waals surface area contributed by atoms with Gasteiger partial charge in [-0.25, -0.2) is 8.42 Å². The van der Waals surface area contributed by atoms with Gasteiger partial charge in [0.15, 0.2) is 9.84 Å². The van der Waals surface area contributed by atoms with Gasteiger partial charge in [0.2, 0.25) is 0 Å². The van der Waals surface area contributed by atoms with Crippen LogP contribution in [0.4, 0.5) is 0 Å². The molecular formula is C5H10O3S. The van der Waals surface area contributed by atoms with Gasteiger partial charge in [-0.1, -0.05) is 0 Å². The Bertz CT molecular complexity index is 178. The zero-order chi connectivity index (χ0) is 7.33. The normalized spacial score (nSPS) is 12.7. The van der Waals surface area contributed by atoms with Crippen molar-refractivity contribution in [3.63, 3.8) is 0 Å². The third-order valence-corrected chi connectivity index (χ3v) is 1.29. The van der Waals surface area contributed by atoms with Gasteiger partial charge in [0, 0.05) is 18.8 Å². The van der Waals surface area contributed by atoms with Crippen LogP contribution in [0.5, 0.6) is 0 Å². The van der Waals surface area contributed by atoms with Crippen molar-refractivity contribution in [2.45, 2.75) is 0 Å². The Morgan fingerprint density at radius 3 is 2.44 bits per heavy atom. The number of methoxy groups -OCH3 is 1. The van der Waals surface area contributed by atoms with Crippen LogP contribution in [0, 0.1) is 0 Å². The molecule has 0 heterocycles. The summed E-state index contributed by atoms with van der Waals surface area (Å²) in [6.45, 7) is 0.340. The third kappa shape index (κ3) is 7.65. The van der Waals surface area contributed by atoms with Gasteiger partial charge in [-0.15, -0.1) is 0 Å². The van der Waals surface area contributed by atoms with Crippen molar-refractivity contribution in [2.75, 3.05) is 20.0 Å². The summed E-state index contributed by atoms with van der Waals surface area (Å²) in [7, 11) is -1.45. The summed E-state index contributed by atoms with van der Waals surface area (Å²) in [5, 5.41) is 1.12. The van der Waals surface area contributed by atoms with E-state index in [-0.39, 0.29) is 0 Å². The molecule has 0 aliphatic carbocycles. The number of ether oxygens (including phenoxy) is 1. The molecule has 0 spiro atoms. The molecule has 0 aliphatic heterocycles. The maximum absolute atomic E-state index is 10.4. The van der Waals surface area contributed by atoms with Crippen LogP contribution in [0.15, 0.2) is 11.5 Å². The maximum atomic E-state index is 10.4. The highest BCUT2D eigenvalue weighted by atomic mass is 32.2. The zero-order valence-electron chi connectivity index (χ0n) is 5.49. The molecule has 0 atom stereocenters. The molecule has 0 aromatic carbocycles. The van der Waals surface area contributed by atoms with E-state index < -0.39 is 9.84 Å². The minimum atomic E-state index is -2.96. The second-order valence-corrected chi connectivity index (χ2v) is 3.59. The maximum Gasteiger partial charge on any atom is 0.168 e. The highest BCUT2D eigenvalue weighted by Crippen LogP contribution is 1.84. The SMILES string of the molecule is COCC=CS(C)(=O)=O. The van der Waals surface area contributed by atoms with E-state index >= 15 is 0 Å². The van der Waals surface area contributed by atoms with Crippen LogP contribution in [0.2, 0.25) is 0 Å². The molecule has 0 saturated carbocycles. The fraction of sp³-hybridized carbons (Fsp3) is 0.600. The Balaban J connectivity index is 3.73. The predicted molar refractivity (Wildman–Crippen MR) is 35.9 cm³/mol. The van der Waals surface area contributed by atoms with Crippen molar-refractivity contribution in [2.24, 2.45) is 0 Å². The molecule has 0 aromatic rings. The van der Waals surface area contributed by atoms with Crippen LogP contribution in [-0.2, 0) is 14.6 Å². The molecule has 0 unspecified atom stereocenters. The molecule has 3 nitrogen and oxygen atoms in total. The van der Waals surface area contributed by atoms with Gasteiger partial charge in [0.1, 0.15) is 0 Å². The molecule has 0 amide bonds. The van der Waals surface area contributed by atoms with Crippen molar-refractivity contribution in [3.8, 4) is 0 Å². The van der Waals surface area contributed by atoms with Gasteiger partial charge in [-0.2, -0.15) is 0 Å². The lowest BCUT2D eigenvalue weighted by Gasteiger charge is -1.86. The third-order valence-electron chi connectivity index (χ3n) is 0.606. The first-order valence-electron chi connectivity index (χ1n) is 2.42. The van der Waals surface area contributed by atoms with E-state index in [4.69, 9.17) is 0 Å². The largest absolute Gasteiger partial charge is 0.381 e. The predicted octanol–water partition coefficient (Wildman–Crippen LogP) is 0.191. The lowest BCUT2D eigenvalue weighted by molar-refractivity contribution is 0.234. The summed E-state index contributed by atoms with van der Waals surface area (Å²) in [5.41, 5.74) is 0. The van der Waals surface area contributed by atoms with Crippen molar-refractivity contribution in [3.05, 3.63) is 11.5 Å². The molecule has 4 heteroatoms. The van der Waals surface area contributed by atoms with E-state index in [1.807, 2.05) is 0 Å².